The third-order valence-corrected chi connectivity index (χ3v) is 9.71. The molecule has 6 rings (SSSR count). The van der Waals surface area contributed by atoms with Gasteiger partial charge in [0, 0.05) is 37.8 Å². The highest BCUT2D eigenvalue weighted by molar-refractivity contribution is 5.77. The van der Waals surface area contributed by atoms with Crippen molar-refractivity contribution in [2.75, 3.05) is 26.7 Å². The lowest BCUT2D eigenvalue weighted by Crippen LogP contribution is -2.57. The Balaban J connectivity index is 1.25. The van der Waals surface area contributed by atoms with Gasteiger partial charge in [-0.05, 0) is 80.8 Å². The Hall–Kier alpha value is -3.33. The van der Waals surface area contributed by atoms with E-state index in [4.69, 9.17) is 0 Å². The fraction of sp³-hybridized carbons (Fsp3) is 0.516. The van der Waals surface area contributed by atoms with Crippen molar-refractivity contribution in [3.05, 3.63) is 76.3 Å². The third kappa shape index (κ3) is 4.89. The van der Waals surface area contributed by atoms with Gasteiger partial charge in [-0.3, -0.25) is 9.36 Å². The largest absolute Gasteiger partial charge is 0.324 e. The van der Waals surface area contributed by atoms with Gasteiger partial charge in [0.05, 0.1) is 23.3 Å². The van der Waals surface area contributed by atoms with E-state index in [2.05, 4.69) is 10.3 Å². The van der Waals surface area contributed by atoms with E-state index in [1.165, 1.54) is 6.07 Å². The highest BCUT2D eigenvalue weighted by Crippen LogP contribution is 2.49. The average molecular weight is 550 g/mol. The van der Waals surface area contributed by atoms with Crippen molar-refractivity contribution < 1.29 is 13.6 Å². The highest BCUT2D eigenvalue weighted by atomic mass is 19.1. The molecule has 1 spiro atoms. The number of amides is 2. The second-order valence-corrected chi connectivity index (χ2v) is 11.9. The summed E-state index contributed by atoms with van der Waals surface area (Å²) in [6.07, 6.45) is 7.98. The molecule has 1 aromatic heterocycles. The first-order valence-corrected chi connectivity index (χ1v) is 14.5. The van der Waals surface area contributed by atoms with Crippen molar-refractivity contribution in [2.24, 2.45) is 11.3 Å². The SMILES string of the molecule is CN[C@@H]1CCN(C(=O)N2CC[C@@H](Cn3cnc4ccccc4c3=O)C3(CCCC3)C2)[C@H](c2cc(F)ccc2F)C1. The minimum absolute atomic E-state index is 0.0235. The Labute approximate surface area is 233 Å². The molecule has 3 heterocycles. The number of hydrogen-bond donors (Lipinski definition) is 1. The van der Waals surface area contributed by atoms with Crippen LogP contribution in [0.5, 0.6) is 0 Å². The van der Waals surface area contributed by atoms with Crippen LogP contribution in [0.1, 0.15) is 56.6 Å². The first-order valence-electron chi connectivity index (χ1n) is 14.5. The average Bonchev–Trinajstić information content (AvgIpc) is 3.44. The summed E-state index contributed by atoms with van der Waals surface area (Å²) >= 11 is 0. The molecule has 0 radical (unpaired) electrons. The number of aromatic nitrogens is 2. The fourth-order valence-electron chi connectivity index (χ4n) is 7.48. The van der Waals surface area contributed by atoms with Gasteiger partial charge in [0.2, 0.25) is 0 Å². The molecule has 0 unspecified atom stereocenters. The summed E-state index contributed by atoms with van der Waals surface area (Å²) in [7, 11) is 1.87. The van der Waals surface area contributed by atoms with Gasteiger partial charge in [0.25, 0.3) is 5.56 Å². The molecule has 9 heteroatoms. The van der Waals surface area contributed by atoms with Crippen molar-refractivity contribution in [1.82, 2.24) is 24.7 Å². The Bertz CT molecular complexity index is 1450. The van der Waals surface area contributed by atoms with Crippen LogP contribution in [0.25, 0.3) is 10.9 Å². The summed E-state index contributed by atoms with van der Waals surface area (Å²) in [4.78, 5) is 35.5. The number of nitrogens with zero attached hydrogens (tertiary/aromatic N) is 4. The van der Waals surface area contributed by atoms with Crippen molar-refractivity contribution in [1.29, 1.82) is 0 Å². The molecule has 3 fully saturated rings. The van der Waals surface area contributed by atoms with Gasteiger partial charge in [-0.2, -0.15) is 0 Å². The minimum Gasteiger partial charge on any atom is -0.324 e. The summed E-state index contributed by atoms with van der Waals surface area (Å²) in [5, 5.41) is 3.88. The van der Waals surface area contributed by atoms with Crippen LogP contribution in [0.15, 0.2) is 53.6 Å². The maximum atomic E-state index is 14.9. The van der Waals surface area contributed by atoms with Crippen molar-refractivity contribution >= 4 is 16.9 Å². The molecule has 2 amide bonds. The molecule has 3 aliphatic rings. The lowest BCUT2D eigenvalue weighted by molar-refractivity contribution is 0.0206. The second kappa shape index (κ2) is 10.9. The highest BCUT2D eigenvalue weighted by Gasteiger charge is 2.48. The van der Waals surface area contributed by atoms with E-state index in [-0.39, 0.29) is 34.5 Å². The molecule has 3 aromatic rings. The van der Waals surface area contributed by atoms with Crippen LogP contribution in [0.3, 0.4) is 0 Å². The summed E-state index contributed by atoms with van der Waals surface area (Å²) in [6.45, 7) is 2.27. The number of halogens is 2. The Morgan fingerprint density at radius 1 is 1.10 bits per heavy atom. The number of fused-ring (bicyclic) bond motifs is 1. The van der Waals surface area contributed by atoms with E-state index < -0.39 is 17.7 Å². The number of carbonyl (C=O) groups is 1. The molecule has 212 valence electrons. The van der Waals surface area contributed by atoms with Crippen LogP contribution in [0.2, 0.25) is 0 Å². The summed E-state index contributed by atoms with van der Waals surface area (Å²) in [5.41, 5.74) is 0.847. The van der Waals surface area contributed by atoms with Gasteiger partial charge >= 0.3 is 6.03 Å². The zero-order valence-electron chi connectivity index (χ0n) is 23.0. The lowest BCUT2D eigenvalue weighted by Gasteiger charge is -2.49. The maximum absolute atomic E-state index is 14.9. The van der Waals surface area contributed by atoms with Gasteiger partial charge in [-0.15, -0.1) is 0 Å². The van der Waals surface area contributed by atoms with Gasteiger partial charge < -0.3 is 15.1 Å². The van der Waals surface area contributed by atoms with Crippen LogP contribution >= 0.6 is 0 Å². The van der Waals surface area contributed by atoms with Gasteiger partial charge in [0.15, 0.2) is 0 Å². The molecule has 2 aliphatic heterocycles. The van der Waals surface area contributed by atoms with Crippen LogP contribution in [0, 0.1) is 23.0 Å². The van der Waals surface area contributed by atoms with Gasteiger partial charge in [0.1, 0.15) is 11.6 Å². The van der Waals surface area contributed by atoms with E-state index >= 15 is 0 Å². The number of urea groups is 1. The fourth-order valence-corrected chi connectivity index (χ4v) is 7.48. The molecule has 1 aliphatic carbocycles. The van der Waals surface area contributed by atoms with E-state index in [9.17, 15) is 18.4 Å². The van der Waals surface area contributed by atoms with E-state index in [0.717, 1.165) is 50.7 Å². The number of rotatable bonds is 4. The molecular weight excluding hydrogens is 512 g/mol. The topological polar surface area (TPSA) is 70.5 Å². The Morgan fingerprint density at radius 2 is 1.90 bits per heavy atom. The predicted molar refractivity (Wildman–Crippen MR) is 150 cm³/mol. The van der Waals surface area contributed by atoms with Crippen LogP contribution < -0.4 is 10.9 Å². The van der Waals surface area contributed by atoms with Crippen molar-refractivity contribution in [3.63, 3.8) is 0 Å². The van der Waals surface area contributed by atoms with E-state index in [1.54, 1.807) is 15.8 Å². The molecule has 1 N–H and O–H groups in total. The molecule has 40 heavy (non-hydrogen) atoms. The number of piperidine rings is 2. The second-order valence-electron chi connectivity index (χ2n) is 11.9. The van der Waals surface area contributed by atoms with E-state index in [0.29, 0.717) is 43.5 Å². The smallest absolute Gasteiger partial charge is 0.320 e. The number of para-hydroxylation sites is 1. The third-order valence-electron chi connectivity index (χ3n) is 9.71. The summed E-state index contributed by atoms with van der Waals surface area (Å²) in [6, 6.07) is 10.4. The number of hydrogen-bond acceptors (Lipinski definition) is 4. The minimum atomic E-state index is -0.533. The molecule has 2 saturated heterocycles. The number of nitrogens with one attached hydrogen (secondary N) is 1. The Morgan fingerprint density at radius 3 is 2.70 bits per heavy atom. The molecular formula is C31H37F2N5O2. The standard InChI is InChI=1S/C31H37F2N5O2/c1-34-23-11-15-38(28(17-23)25-16-22(32)8-9-26(25)33)30(40)36-14-10-21(31(19-36)12-4-5-13-31)18-37-20-35-27-7-3-2-6-24(27)29(37)39/h2-3,6-9,16,20-21,23,28,34H,4-5,10-15,17-19H2,1H3/t21-,23+,28-/m0/s1. The molecule has 3 atom stereocenters. The number of likely N-dealkylation sites (tertiary alicyclic amines) is 2. The first kappa shape index (κ1) is 26.9. The first-order chi connectivity index (χ1) is 19.4. The zero-order valence-corrected chi connectivity index (χ0v) is 23.0. The van der Waals surface area contributed by atoms with Crippen LogP contribution in [-0.4, -0.2) is 58.1 Å². The van der Waals surface area contributed by atoms with Crippen molar-refractivity contribution in [2.45, 2.75) is 63.6 Å². The summed E-state index contributed by atoms with van der Waals surface area (Å²) in [5.74, 6) is -0.730. The molecule has 1 saturated carbocycles. The maximum Gasteiger partial charge on any atom is 0.320 e. The Kier molecular flexibility index (Phi) is 7.33. The predicted octanol–water partition coefficient (Wildman–Crippen LogP) is 5.10. The lowest BCUT2D eigenvalue weighted by atomic mass is 9.69. The normalized spacial score (nSPS) is 24.6. The van der Waals surface area contributed by atoms with Crippen LogP contribution in [0.4, 0.5) is 13.6 Å². The molecule has 0 bridgehead atoms. The van der Waals surface area contributed by atoms with Gasteiger partial charge in [-0.1, -0.05) is 25.0 Å². The van der Waals surface area contributed by atoms with Crippen molar-refractivity contribution in [3.8, 4) is 0 Å². The molecule has 2 aromatic carbocycles. The van der Waals surface area contributed by atoms with Crippen LogP contribution in [-0.2, 0) is 6.54 Å². The number of benzene rings is 2. The van der Waals surface area contributed by atoms with Gasteiger partial charge in [-0.25, -0.2) is 18.6 Å². The van der Waals surface area contributed by atoms with E-state index in [1.807, 2.05) is 36.2 Å². The number of carbonyl (C=O) groups excluding carboxylic acids is 1. The molecule has 7 nitrogen and oxygen atoms in total. The quantitative estimate of drug-likeness (QED) is 0.492. The zero-order chi connectivity index (χ0) is 27.9. The summed E-state index contributed by atoms with van der Waals surface area (Å²) < 4.78 is 30.8. The monoisotopic (exact) mass is 549 g/mol.